The fraction of sp³-hybridized carbons (Fsp3) is 0.231. The summed E-state index contributed by atoms with van der Waals surface area (Å²) in [6, 6.07) is 11.7. The number of rotatable bonds is 3. The zero-order valence-corrected chi connectivity index (χ0v) is 10.5. The van der Waals surface area contributed by atoms with Crippen molar-refractivity contribution in [2.24, 2.45) is 0 Å². The summed E-state index contributed by atoms with van der Waals surface area (Å²) in [7, 11) is 0. The second-order valence-electron chi connectivity index (χ2n) is 3.84. The van der Waals surface area contributed by atoms with Gasteiger partial charge in [0.2, 0.25) is 0 Å². The Bertz CT molecular complexity index is 613. The van der Waals surface area contributed by atoms with Gasteiger partial charge in [0, 0.05) is 6.54 Å². The molecule has 4 heteroatoms. The molecule has 3 nitrogen and oxygen atoms in total. The molecule has 0 saturated carbocycles. The maximum absolute atomic E-state index is 11.9. The lowest BCUT2D eigenvalue weighted by Gasteiger charge is -2.11. The first-order chi connectivity index (χ1) is 8.22. The lowest BCUT2D eigenvalue weighted by Crippen LogP contribution is -2.24. The normalized spacial score (nSPS) is 10.4. The van der Waals surface area contributed by atoms with E-state index in [1.807, 2.05) is 43.3 Å². The zero-order chi connectivity index (χ0) is 12.3. The molecule has 0 aliphatic carbocycles. The van der Waals surface area contributed by atoms with Crippen molar-refractivity contribution >= 4 is 12.2 Å². The molecule has 0 radical (unpaired) electrons. The molecule has 17 heavy (non-hydrogen) atoms. The van der Waals surface area contributed by atoms with Crippen LogP contribution in [0.5, 0.6) is 0 Å². The molecule has 0 fully saturated rings. The molecule has 1 aromatic carbocycles. The highest BCUT2D eigenvalue weighted by Crippen LogP contribution is 2.17. The van der Waals surface area contributed by atoms with Gasteiger partial charge in [-0.25, -0.2) is 4.79 Å². The van der Waals surface area contributed by atoms with Gasteiger partial charge in [0.25, 0.3) is 0 Å². The summed E-state index contributed by atoms with van der Waals surface area (Å²) in [5.41, 5.74) is 1.75. The largest absolute Gasteiger partial charge is 0.326 e. The average molecular weight is 246 g/mol. The topological polar surface area (TPSA) is 37.8 Å². The predicted octanol–water partition coefficient (Wildman–Crippen LogP) is 2.98. The molecule has 0 aliphatic rings. The molecular weight excluding hydrogens is 232 g/mol. The van der Waals surface area contributed by atoms with E-state index in [1.165, 1.54) is 0 Å². The Morgan fingerprint density at radius 3 is 2.65 bits per heavy atom. The molecule has 0 aliphatic heterocycles. The van der Waals surface area contributed by atoms with E-state index in [2.05, 4.69) is 4.98 Å². The van der Waals surface area contributed by atoms with Gasteiger partial charge in [-0.2, -0.15) is 0 Å². The van der Waals surface area contributed by atoms with Crippen LogP contribution in [0, 0.1) is 4.64 Å². The van der Waals surface area contributed by atoms with E-state index in [1.54, 1.807) is 4.57 Å². The second kappa shape index (κ2) is 5.10. The van der Waals surface area contributed by atoms with Gasteiger partial charge in [0.05, 0.1) is 5.69 Å². The summed E-state index contributed by atoms with van der Waals surface area (Å²) in [5.74, 6) is 0. The van der Waals surface area contributed by atoms with Gasteiger partial charge in [-0.15, -0.1) is 0 Å². The molecule has 0 atom stereocenters. The quantitative estimate of drug-likeness (QED) is 0.845. The first-order valence-corrected chi connectivity index (χ1v) is 6.03. The van der Waals surface area contributed by atoms with Gasteiger partial charge >= 0.3 is 5.69 Å². The van der Waals surface area contributed by atoms with Crippen LogP contribution in [0.3, 0.4) is 0 Å². The minimum atomic E-state index is -0.141. The first-order valence-electron chi connectivity index (χ1n) is 5.62. The van der Waals surface area contributed by atoms with Crippen LogP contribution in [0.15, 0.2) is 41.2 Å². The van der Waals surface area contributed by atoms with E-state index < -0.39 is 0 Å². The Morgan fingerprint density at radius 2 is 2.00 bits per heavy atom. The van der Waals surface area contributed by atoms with E-state index >= 15 is 0 Å². The number of hydrogen-bond donors (Lipinski definition) is 1. The first kappa shape index (κ1) is 11.8. The second-order valence-corrected chi connectivity index (χ2v) is 4.28. The van der Waals surface area contributed by atoms with Crippen molar-refractivity contribution in [3.8, 4) is 11.3 Å². The Labute approximate surface area is 105 Å². The van der Waals surface area contributed by atoms with E-state index in [-0.39, 0.29) is 5.69 Å². The van der Waals surface area contributed by atoms with Crippen molar-refractivity contribution < 1.29 is 0 Å². The van der Waals surface area contributed by atoms with Crippen molar-refractivity contribution in [1.82, 2.24) is 9.55 Å². The molecule has 0 amide bonds. The highest BCUT2D eigenvalue weighted by Gasteiger charge is 2.05. The van der Waals surface area contributed by atoms with Gasteiger partial charge in [0.1, 0.15) is 4.64 Å². The van der Waals surface area contributed by atoms with Gasteiger partial charge in [-0.05, 0) is 18.1 Å². The molecule has 2 aromatic rings. The number of nitrogens with zero attached hydrogens (tertiary/aromatic N) is 1. The van der Waals surface area contributed by atoms with E-state index in [9.17, 15) is 4.79 Å². The summed E-state index contributed by atoms with van der Waals surface area (Å²) in [4.78, 5) is 14.5. The number of nitrogens with one attached hydrogen (secondary N) is 1. The number of benzene rings is 1. The predicted molar refractivity (Wildman–Crippen MR) is 71.6 cm³/mol. The molecule has 0 unspecified atom stereocenters. The van der Waals surface area contributed by atoms with Crippen molar-refractivity contribution in [3.63, 3.8) is 0 Å². The molecule has 1 aromatic heterocycles. The Morgan fingerprint density at radius 1 is 1.29 bits per heavy atom. The van der Waals surface area contributed by atoms with Gasteiger partial charge in [-0.1, -0.05) is 49.5 Å². The Hall–Kier alpha value is -1.68. The van der Waals surface area contributed by atoms with Crippen molar-refractivity contribution in [2.45, 2.75) is 19.9 Å². The zero-order valence-electron chi connectivity index (χ0n) is 9.64. The van der Waals surface area contributed by atoms with Crippen LogP contribution in [0.2, 0.25) is 0 Å². The molecule has 1 N–H and O–H groups in total. The molecule has 0 saturated heterocycles. The summed E-state index contributed by atoms with van der Waals surface area (Å²) in [6.07, 6.45) is 0.907. The van der Waals surface area contributed by atoms with Gasteiger partial charge in [-0.3, -0.25) is 9.55 Å². The fourth-order valence-corrected chi connectivity index (χ4v) is 2.01. The monoisotopic (exact) mass is 246 g/mol. The van der Waals surface area contributed by atoms with Crippen LogP contribution in [0.1, 0.15) is 13.3 Å². The summed E-state index contributed by atoms with van der Waals surface area (Å²) in [5, 5.41) is 0. The van der Waals surface area contributed by atoms with Crippen LogP contribution < -0.4 is 5.69 Å². The smallest absolute Gasteiger partial charge is 0.298 e. The third-order valence-corrected chi connectivity index (χ3v) is 2.77. The van der Waals surface area contributed by atoms with Crippen molar-refractivity contribution in [2.75, 3.05) is 0 Å². The molecular formula is C13H14N2OS. The Kier molecular flexibility index (Phi) is 3.54. The SMILES string of the molecule is CCCn1c(-c2ccccc2)cc(=S)[nH]c1=O. The fourth-order valence-electron chi connectivity index (χ4n) is 1.81. The third kappa shape index (κ3) is 2.53. The summed E-state index contributed by atoms with van der Waals surface area (Å²) >= 11 is 5.06. The summed E-state index contributed by atoms with van der Waals surface area (Å²) < 4.78 is 2.20. The minimum Gasteiger partial charge on any atom is -0.298 e. The standard InChI is InChI=1S/C13H14N2OS/c1-2-8-15-11(9-12(17)14-13(15)16)10-6-4-3-5-7-10/h3-7,9H,2,8H2,1H3,(H,14,16,17). The number of H-pyrrole nitrogens is 1. The molecule has 0 bridgehead atoms. The van der Waals surface area contributed by atoms with Gasteiger partial charge in [0.15, 0.2) is 0 Å². The lowest BCUT2D eigenvalue weighted by molar-refractivity contribution is 0.641. The number of aromatic amines is 1. The Balaban J connectivity index is 2.67. The van der Waals surface area contributed by atoms with Crippen LogP contribution in [0.4, 0.5) is 0 Å². The molecule has 0 spiro atoms. The molecule has 2 rings (SSSR count). The number of hydrogen-bond acceptors (Lipinski definition) is 2. The minimum absolute atomic E-state index is 0.141. The van der Waals surface area contributed by atoms with Crippen LogP contribution in [0.25, 0.3) is 11.3 Å². The van der Waals surface area contributed by atoms with E-state index in [0.29, 0.717) is 11.2 Å². The maximum atomic E-state index is 11.9. The molecule has 1 heterocycles. The average Bonchev–Trinajstić information content (AvgIpc) is 2.33. The molecule has 88 valence electrons. The van der Waals surface area contributed by atoms with Crippen LogP contribution in [-0.2, 0) is 6.54 Å². The summed E-state index contributed by atoms with van der Waals surface area (Å²) in [6.45, 7) is 2.73. The maximum Gasteiger partial charge on any atom is 0.326 e. The van der Waals surface area contributed by atoms with E-state index in [4.69, 9.17) is 12.2 Å². The lowest BCUT2D eigenvalue weighted by atomic mass is 10.1. The van der Waals surface area contributed by atoms with Crippen LogP contribution >= 0.6 is 12.2 Å². The highest BCUT2D eigenvalue weighted by molar-refractivity contribution is 7.71. The third-order valence-electron chi connectivity index (χ3n) is 2.55. The highest BCUT2D eigenvalue weighted by atomic mass is 32.1. The van der Waals surface area contributed by atoms with Gasteiger partial charge < -0.3 is 0 Å². The van der Waals surface area contributed by atoms with E-state index in [0.717, 1.165) is 17.7 Å². The van der Waals surface area contributed by atoms with Crippen molar-refractivity contribution in [3.05, 3.63) is 51.5 Å². The van der Waals surface area contributed by atoms with Crippen molar-refractivity contribution in [1.29, 1.82) is 0 Å². The number of aromatic nitrogens is 2. The van der Waals surface area contributed by atoms with Crippen LogP contribution in [-0.4, -0.2) is 9.55 Å².